The van der Waals surface area contributed by atoms with Gasteiger partial charge in [-0.15, -0.1) is 5.10 Å². The van der Waals surface area contributed by atoms with E-state index < -0.39 is 0 Å². The smallest absolute Gasteiger partial charge is 0.136 e. The summed E-state index contributed by atoms with van der Waals surface area (Å²) in [5, 5.41) is 8.59. The summed E-state index contributed by atoms with van der Waals surface area (Å²) >= 11 is 0. The van der Waals surface area contributed by atoms with Crippen LogP contribution in [0.5, 0.6) is 0 Å². The molecule has 0 bridgehead atoms. The van der Waals surface area contributed by atoms with Gasteiger partial charge in [0, 0.05) is 31.5 Å². The van der Waals surface area contributed by atoms with Crippen molar-refractivity contribution in [2.75, 3.05) is 0 Å². The Balaban J connectivity index is 2.28. The lowest BCUT2D eigenvalue weighted by Crippen LogP contribution is -2.11. The molecule has 0 saturated carbocycles. The van der Waals surface area contributed by atoms with Gasteiger partial charge < -0.3 is 0 Å². The van der Waals surface area contributed by atoms with Gasteiger partial charge in [0.2, 0.25) is 0 Å². The Hall–Kier alpha value is -1.19. The van der Waals surface area contributed by atoms with E-state index in [1.807, 2.05) is 17.8 Å². The molecule has 32 heavy (non-hydrogen) atoms. The Labute approximate surface area is 199 Å². The lowest BCUT2D eigenvalue weighted by Gasteiger charge is -2.17. The van der Waals surface area contributed by atoms with Crippen LogP contribution in [0, 0.1) is 11.8 Å². The van der Waals surface area contributed by atoms with E-state index in [0.717, 1.165) is 37.4 Å². The van der Waals surface area contributed by atoms with E-state index in [4.69, 9.17) is 0 Å². The summed E-state index contributed by atoms with van der Waals surface area (Å²) in [6, 6.07) is 0. The second kappa shape index (κ2) is 19.3. The van der Waals surface area contributed by atoms with E-state index in [-0.39, 0.29) is 5.92 Å². The molecule has 0 amide bonds. The number of aromatic nitrogens is 3. The second-order valence-electron chi connectivity index (χ2n) is 10.0. The van der Waals surface area contributed by atoms with Gasteiger partial charge >= 0.3 is 0 Å². The van der Waals surface area contributed by atoms with E-state index in [1.165, 1.54) is 89.9 Å². The lowest BCUT2D eigenvalue weighted by molar-refractivity contribution is -0.122. The molecule has 0 fully saturated rings. The van der Waals surface area contributed by atoms with Crippen LogP contribution >= 0.6 is 0 Å². The van der Waals surface area contributed by atoms with Gasteiger partial charge in [-0.25, -0.2) is 0 Å². The van der Waals surface area contributed by atoms with Crippen LogP contribution in [-0.2, 0) is 17.8 Å². The summed E-state index contributed by atoms with van der Waals surface area (Å²) in [5.74, 6) is 1.45. The van der Waals surface area contributed by atoms with Gasteiger partial charge in [-0.3, -0.25) is 9.48 Å². The first kappa shape index (κ1) is 28.8. The van der Waals surface area contributed by atoms with E-state index in [9.17, 15) is 4.79 Å². The minimum atomic E-state index is 0.177. The van der Waals surface area contributed by atoms with E-state index >= 15 is 0 Å². The Morgan fingerprint density at radius 3 is 2.03 bits per heavy atom. The third-order valence-electron chi connectivity index (χ3n) is 6.92. The van der Waals surface area contributed by atoms with Crippen molar-refractivity contribution in [3.8, 4) is 0 Å². The van der Waals surface area contributed by atoms with Crippen molar-refractivity contribution in [1.82, 2.24) is 15.0 Å². The number of unbranched alkanes of at least 4 members (excludes halogenated alkanes) is 8. The number of Topliss-reactive ketones (excluding diaryl/α,β-unsaturated/α-hetero) is 1. The molecule has 0 N–H and O–H groups in total. The number of aryl methyl sites for hydroxylation is 2. The fraction of sp³-hybridized carbons (Fsp3) is 0.893. The third kappa shape index (κ3) is 14.1. The van der Waals surface area contributed by atoms with Crippen molar-refractivity contribution in [2.24, 2.45) is 11.8 Å². The lowest BCUT2D eigenvalue weighted by atomic mass is 9.90. The molecule has 186 valence electrons. The van der Waals surface area contributed by atoms with Crippen LogP contribution in [0.15, 0.2) is 6.20 Å². The van der Waals surface area contributed by atoms with Crippen LogP contribution in [0.25, 0.3) is 0 Å². The Kier molecular flexibility index (Phi) is 17.4. The van der Waals surface area contributed by atoms with Gasteiger partial charge in [-0.2, -0.15) is 0 Å². The normalized spacial score (nSPS) is 13.4. The zero-order chi connectivity index (χ0) is 23.4. The first-order chi connectivity index (χ1) is 15.6. The van der Waals surface area contributed by atoms with Gasteiger partial charge in [0.15, 0.2) is 0 Å². The Morgan fingerprint density at radius 2 is 1.41 bits per heavy atom. The largest absolute Gasteiger partial charge is 0.299 e. The molecule has 0 aromatic carbocycles. The number of rotatable bonds is 22. The SMILES string of the molecule is CCCCCCCC(CCCCCC)CCCCn1cc(CCC(=O)C(C)CCC)nn1. The van der Waals surface area contributed by atoms with Crippen LogP contribution in [0.2, 0.25) is 0 Å². The molecule has 1 rings (SSSR count). The van der Waals surface area contributed by atoms with Crippen LogP contribution in [0.1, 0.15) is 143 Å². The number of carbonyl (C=O) groups is 1. The first-order valence-electron chi connectivity index (χ1n) is 14.0. The number of carbonyl (C=O) groups excluding carboxylic acids is 1. The number of hydrogen-bond donors (Lipinski definition) is 0. The summed E-state index contributed by atoms with van der Waals surface area (Å²) in [7, 11) is 0. The van der Waals surface area contributed by atoms with Crippen molar-refractivity contribution in [3.05, 3.63) is 11.9 Å². The number of ketones is 1. The minimum absolute atomic E-state index is 0.177. The van der Waals surface area contributed by atoms with Gasteiger partial charge in [-0.1, -0.05) is 123 Å². The maximum absolute atomic E-state index is 12.2. The quantitative estimate of drug-likeness (QED) is 0.168. The average Bonchev–Trinajstić information content (AvgIpc) is 3.25. The van der Waals surface area contributed by atoms with Crippen molar-refractivity contribution in [3.63, 3.8) is 0 Å². The molecule has 0 saturated heterocycles. The summed E-state index contributed by atoms with van der Waals surface area (Å²) in [6.07, 6.45) is 24.6. The topological polar surface area (TPSA) is 47.8 Å². The predicted molar refractivity (Wildman–Crippen MR) is 137 cm³/mol. The molecule has 2 unspecified atom stereocenters. The molecular formula is C28H53N3O. The van der Waals surface area contributed by atoms with E-state index in [2.05, 4.69) is 31.1 Å². The Morgan fingerprint density at radius 1 is 0.812 bits per heavy atom. The minimum Gasteiger partial charge on any atom is -0.299 e. The maximum Gasteiger partial charge on any atom is 0.136 e. The molecular weight excluding hydrogens is 394 g/mol. The summed E-state index contributed by atoms with van der Waals surface area (Å²) < 4.78 is 1.98. The summed E-state index contributed by atoms with van der Waals surface area (Å²) in [6.45, 7) is 9.72. The van der Waals surface area contributed by atoms with Crippen LogP contribution in [0.4, 0.5) is 0 Å². The predicted octanol–water partition coefficient (Wildman–Crippen LogP) is 8.33. The molecule has 1 heterocycles. The molecule has 2 atom stereocenters. The van der Waals surface area contributed by atoms with Crippen molar-refractivity contribution < 1.29 is 4.79 Å². The van der Waals surface area contributed by atoms with Gasteiger partial charge in [0.25, 0.3) is 0 Å². The van der Waals surface area contributed by atoms with Crippen molar-refractivity contribution in [2.45, 2.75) is 150 Å². The van der Waals surface area contributed by atoms with Gasteiger partial charge in [-0.05, 0) is 18.8 Å². The maximum atomic E-state index is 12.2. The Bertz CT molecular complexity index is 569. The highest BCUT2D eigenvalue weighted by Crippen LogP contribution is 2.24. The monoisotopic (exact) mass is 447 g/mol. The highest BCUT2D eigenvalue weighted by Gasteiger charge is 2.13. The number of nitrogens with zero attached hydrogens (tertiary/aromatic N) is 3. The standard InChI is InChI=1S/C28H53N3O/c1-5-8-10-12-14-19-26(18-13-11-9-6-2)20-15-16-23-31-24-27(29-30-31)21-22-28(32)25(4)17-7-3/h24-26H,5-23H2,1-4H3. The molecule has 0 aliphatic rings. The van der Waals surface area contributed by atoms with Gasteiger partial charge in [0.05, 0.1) is 5.69 Å². The fourth-order valence-electron chi connectivity index (χ4n) is 4.69. The molecule has 1 aromatic heterocycles. The molecule has 0 aliphatic heterocycles. The van der Waals surface area contributed by atoms with Crippen LogP contribution in [-0.4, -0.2) is 20.8 Å². The molecule has 0 aliphatic carbocycles. The molecule has 4 nitrogen and oxygen atoms in total. The van der Waals surface area contributed by atoms with Crippen LogP contribution < -0.4 is 0 Å². The molecule has 0 spiro atoms. The van der Waals surface area contributed by atoms with Crippen molar-refractivity contribution >= 4 is 5.78 Å². The first-order valence-corrected chi connectivity index (χ1v) is 14.0. The molecule has 1 aromatic rings. The second-order valence-corrected chi connectivity index (χ2v) is 10.0. The molecule has 4 heteroatoms. The zero-order valence-corrected chi connectivity index (χ0v) is 21.9. The fourth-order valence-corrected chi connectivity index (χ4v) is 4.69. The third-order valence-corrected chi connectivity index (χ3v) is 6.92. The summed E-state index contributed by atoms with van der Waals surface area (Å²) in [5.41, 5.74) is 0.961. The summed E-state index contributed by atoms with van der Waals surface area (Å²) in [4.78, 5) is 12.2. The number of hydrogen-bond acceptors (Lipinski definition) is 3. The zero-order valence-electron chi connectivity index (χ0n) is 21.9. The van der Waals surface area contributed by atoms with Gasteiger partial charge in [0.1, 0.15) is 5.78 Å². The van der Waals surface area contributed by atoms with Crippen LogP contribution in [0.3, 0.4) is 0 Å². The van der Waals surface area contributed by atoms with Crippen molar-refractivity contribution in [1.29, 1.82) is 0 Å². The highest BCUT2D eigenvalue weighted by atomic mass is 16.1. The molecule has 0 radical (unpaired) electrons. The highest BCUT2D eigenvalue weighted by molar-refractivity contribution is 5.80. The van der Waals surface area contributed by atoms with E-state index in [1.54, 1.807) is 0 Å². The average molecular weight is 448 g/mol. The van der Waals surface area contributed by atoms with E-state index in [0.29, 0.717) is 12.2 Å².